The summed E-state index contributed by atoms with van der Waals surface area (Å²) in [5, 5.41) is 10.5. The number of benzene rings is 1. The lowest BCUT2D eigenvalue weighted by molar-refractivity contribution is -0.135. The van der Waals surface area contributed by atoms with Crippen LogP contribution in [0.3, 0.4) is 0 Å². The van der Waals surface area contributed by atoms with Gasteiger partial charge in [-0.05, 0) is 38.7 Å². The van der Waals surface area contributed by atoms with Crippen LogP contribution in [0.1, 0.15) is 65.4 Å². The number of carbonyl (C=O) groups excluding carboxylic acids is 2. The number of aliphatic hydroxyl groups is 1. The summed E-state index contributed by atoms with van der Waals surface area (Å²) < 4.78 is 5.50. The molecule has 0 bridgehead atoms. The maximum absolute atomic E-state index is 13.1. The molecule has 0 aromatic heterocycles. The smallest absolute Gasteiger partial charge is 0.417 e. The molecule has 1 saturated heterocycles. The van der Waals surface area contributed by atoms with Crippen LogP contribution in [0.2, 0.25) is 0 Å². The first kappa shape index (κ1) is 23.1. The van der Waals surface area contributed by atoms with Crippen LogP contribution in [-0.2, 0) is 16.0 Å². The number of hydrogen-bond donors (Lipinski definition) is 1. The molecule has 1 fully saturated rings. The first-order chi connectivity index (χ1) is 13.8. The van der Waals surface area contributed by atoms with Crippen molar-refractivity contribution < 1.29 is 19.4 Å². The summed E-state index contributed by atoms with van der Waals surface area (Å²) in [6, 6.07) is 9.33. The van der Waals surface area contributed by atoms with E-state index in [9.17, 15) is 14.7 Å². The second kappa shape index (κ2) is 10.6. The van der Waals surface area contributed by atoms with Gasteiger partial charge in [-0.2, -0.15) is 0 Å². The zero-order valence-electron chi connectivity index (χ0n) is 18.1. The highest BCUT2D eigenvalue weighted by Gasteiger charge is 2.51. The molecule has 1 aliphatic rings. The SMILES string of the molecule is CCCCCC/C=C/[C@H](O)[C@@H](C)C(=O)N1C(=O)OC(C)(C)[C@H]1Cc1ccccc1. The van der Waals surface area contributed by atoms with Crippen LogP contribution in [0, 0.1) is 5.92 Å². The Kier molecular flexibility index (Phi) is 8.45. The molecule has 0 spiro atoms. The summed E-state index contributed by atoms with van der Waals surface area (Å²) in [7, 11) is 0. The number of rotatable bonds is 10. The lowest BCUT2D eigenvalue weighted by Gasteiger charge is -2.30. The van der Waals surface area contributed by atoms with Gasteiger partial charge in [-0.25, -0.2) is 9.69 Å². The Bertz CT molecular complexity index is 698. The molecule has 0 unspecified atom stereocenters. The van der Waals surface area contributed by atoms with Gasteiger partial charge < -0.3 is 9.84 Å². The van der Waals surface area contributed by atoms with Gasteiger partial charge in [0.25, 0.3) is 0 Å². The molecular formula is C24H35NO4. The Morgan fingerprint density at radius 3 is 2.59 bits per heavy atom. The minimum atomic E-state index is -0.928. The van der Waals surface area contributed by atoms with Crippen LogP contribution in [0.15, 0.2) is 42.5 Å². The summed E-state index contributed by atoms with van der Waals surface area (Å²) in [6.45, 7) is 7.47. The molecule has 29 heavy (non-hydrogen) atoms. The van der Waals surface area contributed by atoms with E-state index >= 15 is 0 Å². The van der Waals surface area contributed by atoms with E-state index < -0.39 is 35.7 Å². The standard InChI is InChI=1S/C24H35NO4/c1-5-6-7-8-9-13-16-20(26)18(2)22(27)25-21(24(3,4)29-23(25)28)17-19-14-11-10-12-15-19/h10-16,18,20-21,26H,5-9,17H2,1-4H3/b16-13+/t18-,20+,21-/m1/s1. The third-order valence-corrected chi connectivity index (χ3v) is 5.63. The van der Waals surface area contributed by atoms with Crippen molar-refractivity contribution in [3.8, 4) is 0 Å². The number of unbranched alkanes of at least 4 members (excludes halogenated alkanes) is 4. The van der Waals surface area contributed by atoms with Gasteiger partial charge in [-0.3, -0.25) is 4.79 Å². The molecule has 1 heterocycles. The largest absolute Gasteiger partial charge is 0.441 e. The number of carbonyl (C=O) groups is 2. The molecule has 5 nitrogen and oxygen atoms in total. The molecule has 2 rings (SSSR count). The molecule has 1 aromatic rings. The number of cyclic esters (lactones) is 1. The van der Waals surface area contributed by atoms with Crippen molar-refractivity contribution in [2.24, 2.45) is 5.92 Å². The summed E-state index contributed by atoms with van der Waals surface area (Å²) in [5.41, 5.74) is 0.240. The first-order valence-corrected chi connectivity index (χ1v) is 10.7. The van der Waals surface area contributed by atoms with Gasteiger partial charge in [0, 0.05) is 0 Å². The molecular weight excluding hydrogens is 366 g/mol. The monoisotopic (exact) mass is 401 g/mol. The Labute approximate surface area is 174 Å². The van der Waals surface area contributed by atoms with Crippen molar-refractivity contribution in [1.29, 1.82) is 0 Å². The quantitative estimate of drug-likeness (QED) is 0.448. The lowest BCUT2D eigenvalue weighted by Crippen LogP contribution is -2.49. The van der Waals surface area contributed by atoms with E-state index in [1.807, 2.05) is 50.3 Å². The fourth-order valence-electron chi connectivity index (χ4n) is 3.66. The molecule has 1 aliphatic heterocycles. The molecule has 1 aromatic carbocycles. The van der Waals surface area contributed by atoms with Crippen molar-refractivity contribution in [3.63, 3.8) is 0 Å². The van der Waals surface area contributed by atoms with Crippen molar-refractivity contribution in [2.75, 3.05) is 0 Å². The fraction of sp³-hybridized carbons (Fsp3) is 0.583. The van der Waals surface area contributed by atoms with Gasteiger partial charge in [-0.1, -0.05) is 75.6 Å². The highest BCUT2D eigenvalue weighted by atomic mass is 16.6. The van der Waals surface area contributed by atoms with Gasteiger partial charge in [-0.15, -0.1) is 0 Å². The second-order valence-electron chi connectivity index (χ2n) is 8.44. The molecule has 2 amide bonds. The van der Waals surface area contributed by atoms with Crippen LogP contribution in [0.25, 0.3) is 0 Å². The Morgan fingerprint density at radius 1 is 1.24 bits per heavy atom. The van der Waals surface area contributed by atoms with E-state index in [2.05, 4.69) is 6.92 Å². The number of nitrogens with zero attached hydrogens (tertiary/aromatic N) is 1. The average Bonchev–Trinajstić information content (AvgIpc) is 2.91. The number of amides is 2. The second-order valence-corrected chi connectivity index (χ2v) is 8.44. The Hall–Kier alpha value is -2.14. The minimum Gasteiger partial charge on any atom is -0.441 e. The molecule has 0 saturated carbocycles. The predicted octanol–water partition coefficient (Wildman–Crippen LogP) is 4.88. The number of aliphatic hydroxyl groups excluding tert-OH is 1. The van der Waals surface area contributed by atoms with E-state index in [0.717, 1.165) is 18.4 Å². The maximum Gasteiger partial charge on any atom is 0.417 e. The number of hydrogen-bond acceptors (Lipinski definition) is 4. The summed E-state index contributed by atoms with van der Waals surface area (Å²) in [6.07, 6.45) is 8.07. The van der Waals surface area contributed by atoms with Crippen LogP contribution in [0.5, 0.6) is 0 Å². The topological polar surface area (TPSA) is 66.8 Å². The highest BCUT2D eigenvalue weighted by molar-refractivity contribution is 5.95. The highest BCUT2D eigenvalue weighted by Crippen LogP contribution is 2.33. The molecule has 0 radical (unpaired) electrons. The van der Waals surface area contributed by atoms with Crippen LogP contribution < -0.4 is 0 Å². The van der Waals surface area contributed by atoms with E-state index in [4.69, 9.17) is 4.74 Å². The zero-order chi connectivity index (χ0) is 21.4. The first-order valence-electron chi connectivity index (χ1n) is 10.7. The van der Waals surface area contributed by atoms with Gasteiger partial charge in [0.1, 0.15) is 5.60 Å². The van der Waals surface area contributed by atoms with Gasteiger partial charge in [0.15, 0.2) is 0 Å². The van der Waals surface area contributed by atoms with Gasteiger partial charge >= 0.3 is 6.09 Å². The van der Waals surface area contributed by atoms with Crippen LogP contribution in [0.4, 0.5) is 4.79 Å². The summed E-state index contributed by atoms with van der Waals surface area (Å²) >= 11 is 0. The molecule has 0 aliphatic carbocycles. The summed E-state index contributed by atoms with van der Waals surface area (Å²) in [5.74, 6) is -1.12. The predicted molar refractivity (Wildman–Crippen MR) is 114 cm³/mol. The fourth-order valence-corrected chi connectivity index (χ4v) is 3.66. The van der Waals surface area contributed by atoms with Crippen LogP contribution in [-0.4, -0.2) is 39.8 Å². The third kappa shape index (κ3) is 6.17. The molecule has 160 valence electrons. The van der Waals surface area contributed by atoms with E-state index in [1.165, 1.54) is 24.2 Å². The van der Waals surface area contributed by atoms with Crippen molar-refractivity contribution in [3.05, 3.63) is 48.0 Å². The average molecular weight is 402 g/mol. The molecule has 3 atom stereocenters. The van der Waals surface area contributed by atoms with Crippen LogP contribution >= 0.6 is 0 Å². The van der Waals surface area contributed by atoms with E-state index in [0.29, 0.717) is 6.42 Å². The van der Waals surface area contributed by atoms with E-state index in [1.54, 1.807) is 13.0 Å². The molecule has 5 heteroatoms. The Morgan fingerprint density at radius 2 is 1.93 bits per heavy atom. The van der Waals surface area contributed by atoms with Crippen molar-refractivity contribution in [2.45, 2.75) is 84.0 Å². The normalized spacial score (nSPS) is 20.7. The van der Waals surface area contributed by atoms with Gasteiger partial charge in [0.05, 0.1) is 18.1 Å². The molecule has 1 N–H and O–H groups in total. The third-order valence-electron chi connectivity index (χ3n) is 5.63. The maximum atomic E-state index is 13.1. The summed E-state index contributed by atoms with van der Waals surface area (Å²) in [4.78, 5) is 26.8. The zero-order valence-corrected chi connectivity index (χ0v) is 18.1. The van der Waals surface area contributed by atoms with Crippen molar-refractivity contribution >= 4 is 12.0 Å². The minimum absolute atomic E-state index is 0.398. The van der Waals surface area contributed by atoms with E-state index in [-0.39, 0.29) is 0 Å². The number of imide groups is 1. The van der Waals surface area contributed by atoms with Crippen molar-refractivity contribution in [1.82, 2.24) is 4.90 Å². The number of ether oxygens (including phenoxy) is 1. The lowest BCUT2D eigenvalue weighted by atomic mass is 9.91. The Balaban J connectivity index is 2.05. The number of allylic oxidation sites excluding steroid dienone is 1. The van der Waals surface area contributed by atoms with Gasteiger partial charge in [0.2, 0.25) is 5.91 Å².